The maximum atomic E-state index is 12.6. The summed E-state index contributed by atoms with van der Waals surface area (Å²) >= 11 is 0.977. The molecule has 0 bridgehead atoms. The highest BCUT2D eigenvalue weighted by atomic mass is 32.2. The van der Waals surface area contributed by atoms with Gasteiger partial charge in [-0.2, -0.15) is 0 Å². The highest BCUT2D eigenvalue weighted by molar-refractivity contribution is 8.14. The van der Waals surface area contributed by atoms with Crippen molar-refractivity contribution >= 4 is 16.9 Å². The minimum absolute atomic E-state index is 0.136. The third kappa shape index (κ3) is 3.85. The molecule has 5 heteroatoms. The number of hydrogen-bond donors (Lipinski definition) is 0. The first kappa shape index (κ1) is 18.1. The van der Waals surface area contributed by atoms with Crippen LogP contribution in [0.1, 0.15) is 10.4 Å². The number of nitrogens with zero attached hydrogens (tertiary/aromatic N) is 1. The summed E-state index contributed by atoms with van der Waals surface area (Å²) in [5.41, 5.74) is 3.13. The van der Waals surface area contributed by atoms with Gasteiger partial charge in [0, 0.05) is 28.5 Å². The van der Waals surface area contributed by atoms with Gasteiger partial charge in [0.1, 0.15) is 11.4 Å². The summed E-state index contributed by atoms with van der Waals surface area (Å²) in [5, 5.41) is 0.182. The number of benzene rings is 3. The summed E-state index contributed by atoms with van der Waals surface area (Å²) in [6.45, 7) is 0. The van der Waals surface area contributed by atoms with Crippen LogP contribution in [0, 0.1) is 0 Å². The zero-order chi connectivity index (χ0) is 19.3. The van der Waals surface area contributed by atoms with Gasteiger partial charge in [0.2, 0.25) is 5.12 Å². The van der Waals surface area contributed by atoms with Gasteiger partial charge >= 0.3 is 0 Å². The monoisotopic (exact) mass is 387 g/mol. The molecule has 0 spiro atoms. The van der Waals surface area contributed by atoms with Gasteiger partial charge < -0.3 is 9.15 Å². The highest BCUT2D eigenvalue weighted by Crippen LogP contribution is 2.36. The van der Waals surface area contributed by atoms with Crippen LogP contribution < -0.4 is 4.74 Å². The van der Waals surface area contributed by atoms with Crippen molar-refractivity contribution < 1.29 is 13.9 Å². The third-order valence-corrected chi connectivity index (χ3v) is 4.97. The number of rotatable bonds is 5. The highest BCUT2D eigenvalue weighted by Gasteiger charge is 2.20. The Morgan fingerprint density at radius 3 is 2.07 bits per heavy atom. The zero-order valence-electron chi connectivity index (χ0n) is 15.2. The third-order valence-electron chi connectivity index (χ3n) is 4.20. The average Bonchev–Trinajstić information content (AvgIpc) is 3.19. The van der Waals surface area contributed by atoms with E-state index in [4.69, 9.17) is 9.15 Å². The molecule has 28 heavy (non-hydrogen) atoms. The molecule has 1 heterocycles. The average molecular weight is 387 g/mol. The topological polar surface area (TPSA) is 52.3 Å². The van der Waals surface area contributed by atoms with Crippen molar-refractivity contribution in [1.29, 1.82) is 0 Å². The standard InChI is InChI=1S/C23H17NO3S/c1-26-19-14-12-18(13-15-19)22(25)28-23-24-20(16-8-4-2-5-9-16)21(27-23)17-10-6-3-7-11-17/h2-15H,1H3. The smallest absolute Gasteiger partial charge is 0.264 e. The lowest BCUT2D eigenvalue weighted by atomic mass is 10.1. The predicted octanol–water partition coefficient (Wildman–Crippen LogP) is 5.95. The van der Waals surface area contributed by atoms with E-state index in [1.807, 2.05) is 60.7 Å². The van der Waals surface area contributed by atoms with Crippen molar-refractivity contribution in [3.8, 4) is 28.3 Å². The number of thioether (sulfide) groups is 1. The first-order valence-electron chi connectivity index (χ1n) is 8.72. The summed E-state index contributed by atoms with van der Waals surface area (Å²) in [6.07, 6.45) is 0. The number of hydrogen-bond acceptors (Lipinski definition) is 5. The SMILES string of the molecule is COc1ccc(C(=O)Sc2nc(-c3ccccc3)c(-c3ccccc3)o2)cc1. The molecule has 138 valence electrons. The molecular formula is C23H17NO3S. The largest absolute Gasteiger partial charge is 0.497 e. The van der Waals surface area contributed by atoms with Gasteiger partial charge in [-0.25, -0.2) is 4.98 Å². The molecule has 0 aliphatic heterocycles. The molecule has 0 amide bonds. The molecule has 0 unspecified atom stereocenters. The first-order chi connectivity index (χ1) is 13.7. The van der Waals surface area contributed by atoms with E-state index in [9.17, 15) is 4.79 Å². The van der Waals surface area contributed by atoms with Crippen LogP contribution in [0.2, 0.25) is 0 Å². The van der Waals surface area contributed by atoms with Gasteiger partial charge in [0.05, 0.1) is 7.11 Å². The fourth-order valence-electron chi connectivity index (χ4n) is 2.79. The van der Waals surface area contributed by atoms with E-state index in [0.29, 0.717) is 22.3 Å². The molecule has 4 rings (SSSR count). The Balaban J connectivity index is 1.68. The summed E-state index contributed by atoms with van der Waals surface area (Å²) < 4.78 is 11.1. The summed E-state index contributed by atoms with van der Waals surface area (Å²) in [7, 11) is 1.59. The van der Waals surface area contributed by atoms with Crippen LogP contribution in [-0.4, -0.2) is 17.2 Å². The maximum absolute atomic E-state index is 12.6. The van der Waals surface area contributed by atoms with Crippen molar-refractivity contribution in [2.75, 3.05) is 7.11 Å². The Morgan fingerprint density at radius 1 is 0.857 bits per heavy atom. The molecule has 0 saturated carbocycles. The number of aromatic nitrogens is 1. The molecule has 0 N–H and O–H groups in total. The van der Waals surface area contributed by atoms with Crippen LogP contribution in [0.3, 0.4) is 0 Å². The van der Waals surface area contributed by atoms with Crippen LogP contribution in [0.4, 0.5) is 0 Å². The molecule has 0 atom stereocenters. The molecule has 0 aliphatic rings. The van der Waals surface area contributed by atoms with E-state index in [-0.39, 0.29) is 5.12 Å². The van der Waals surface area contributed by atoms with E-state index in [1.165, 1.54) is 0 Å². The van der Waals surface area contributed by atoms with E-state index in [2.05, 4.69) is 4.98 Å². The Labute approximate surface area is 167 Å². The Hall–Kier alpha value is -3.31. The van der Waals surface area contributed by atoms with E-state index >= 15 is 0 Å². The molecule has 3 aromatic carbocycles. The quantitative estimate of drug-likeness (QED) is 0.396. The molecule has 0 aliphatic carbocycles. The van der Waals surface area contributed by atoms with Crippen molar-refractivity contribution in [3.05, 3.63) is 90.5 Å². The van der Waals surface area contributed by atoms with Crippen molar-refractivity contribution in [2.24, 2.45) is 0 Å². The predicted molar refractivity (Wildman–Crippen MR) is 111 cm³/mol. The van der Waals surface area contributed by atoms with Gasteiger partial charge in [-0.3, -0.25) is 4.79 Å². The first-order valence-corrected chi connectivity index (χ1v) is 9.54. The Morgan fingerprint density at radius 2 is 1.46 bits per heavy atom. The fourth-order valence-corrected chi connectivity index (χ4v) is 3.46. The number of carbonyl (C=O) groups is 1. The fraction of sp³-hybridized carbons (Fsp3) is 0.0435. The normalized spacial score (nSPS) is 10.6. The van der Waals surface area contributed by atoms with Crippen LogP contribution in [0.5, 0.6) is 5.75 Å². The summed E-state index contributed by atoms with van der Waals surface area (Å²) in [4.78, 5) is 17.2. The summed E-state index contributed by atoms with van der Waals surface area (Å²) in [6, 6.07) is 26.6. The molecule has 4 aromatic rings. The maximum Gasteiger partial charge on any atom is 0.264 e. The van der Waals surface area contributed by atoms with Crippen molar-refractivity contribution in [3.63, 3.8) is 0 Å². The van der Waals surface area contributed by atoms with Crippen LogP contribution in [-0.2, 0) is 0 Å². The van der Waals surface area contributed by atoms with Crippen LogP contribution in [0.25, 0.3) is 22.6 Å². The number of carbonyl (C=O) groups excluding carboxylic acids is 1. The summed E-state index contributed by atoms with van der Waals surface area (Å²) in [5.74, 6) is 1.35. The molecule has 0 fully saturated rings. The van der Waals surface area contributed by atoms with Gasteiger partial charge in [0.25, 0.3) is 5.22 Å². The van der Waals surface area contributed by atoms with Gasteiger partial charge in [0.15, 0.2) is 5.76 Å². The van der Waals surface area contributed by atoms with Crippen LogP contribution in [0.15, 0.2) is 94.6 Å². The Bertz CT molecular complexity index is 1020. The lowest BCUT2D eigenvalue weighted by Crippen LogP contribution is -1.93. The zero-order valence-corrected chi connectivity index (χ0v) is 16.0. The molecule has 0 radical (unpaired) electrons. The molecule has 1 aromatic heterocycles. The van der Waals surface area contributed by atoms with Crippen molar-refractivity contribution in [1.82, 2.24) is 4.98 Å². The van der Waals surface area contributed by atoms with Crippen LogP contribution >= 0.6 is 11.8 Å². The van der Waals surface area contributed by atoms with Gasteiger partial charge in [-0.1, -0.05) is 60.7 Å². The molecular weight excluding hydrogens is 370 g/mol. The number of oxazole rings is 1. The van der Waals surface area contributed by atoms with Crippen molar-refractivity contribution in [2.45, 2.75) is 5.22 Å². The van der Waals surface area contributed by atoms with E-state index in [0.717, 1.165) is 28.6 Å². The number of ether oxygens (including phenoxy) is 1. The second-order valence-electron chi connectivity index (χ2n) is 6.01. The minimum Gasteiger partial charge on any atom is -0.497 e. The second-order valence-corrected chi connectivity index (χ2v) is 6.93. The minimum atomic E-state index is -0.136. The Kier molecular flexibility index (Phi) is 5.26. The lowest BCUT2D eigenvalue weighted by molar-refractivity contribution is 0.108. The second kappa shape index (κ2) is 8.15. The molecule has 4 nitrogen and oxygen atoms in total. The lowest BCUT2D eigenvalue weighted by Gasteiger charge is -2.01. The van der Waals surface area contributed by atoms with Gasteiger partial charge in [-0.15, -0.1) is 0 Å². The van der Waals surface area contributed by atoms with E-state index < -0.39 is 0 Å². The van der Waals surface area contributed by atoms with E-state index in [1.54, 1.807) is 31.4 Å². The number of methoxy groups -OCH3 is 1. The van der Waals surface area contributed by atoms with Gasteiger partial charge in [-0.05, 0) is 24.3 Å². The molecule has 0 saturated heterocycles.